The van der Waals surface area contributed by atoms with Crippen LogP contribution in [-0.2, 0) is 11.3 Å². The van der Waals surface area contributed by atoms with Gasteiger partial charge in [0, 0.05) is 29.7 Å². The zero-order valence-electron chi connectivity index (χ0n) is 11.4. The third-order valence-electron chi connectivity index (χ3n) is 2.61. The summed E-state index contributed by atoms with van der Waals surface area (Å²) in [6.45, 7) is 4.47. The zero-order valence-corrected chi connectivity index (χ0v) is 12.1. The molecule has 0 aliphatic rings. The molecule has 20 heavy (non-hydrogen) atoms. The van der Waals surface area contributed by atoms with E-state index in [9.17, 15) is 14.9 Å². The number of nitrogens with zero attached hydrogens (tertiary/aromatic N) is 2. The molecule has 0 unspecified atom stereocenters. The average Bonchev–Trinajstić information content (AvgIpc) is 2.26. The van der Waals surface area contributed by atoms with Crippen molar-refractivity contribution in [1.82, 2.24) is 4.90 Å². The molecule has 0 spiro atoms. The van der Waals surface area contributed by atoms with Gasteiger partial charge >= 0.3 is 5.97 Å². The van der Waals surface area contributed by atoms with Crippen molar-refractivity contribution in [3.8, 4) is 0 Å². The van der Waals surface area contributed by atoms with Crippen LogP contribution in [0.2, 0.25) is 5.02 Å². The highest BCUT2D eigenvalue weighted by Gasteiger charge is 2.19. The number of nitro groups is 1. The van der Waals surface area contributed by atoms with Gasteiger partial charge in [0.15, 0.2) is 0 Å². The van der Waals surface area contributed by atoms with Gasteiger partial charge in [-0.2, -0.15) is 0 Å². The van der Waals surface area contributed by atoms with Crippen LogP contribution in [0.25, 0.3) is 0 Å². The first kappa shape index (κ1) is 16.4. The molecule has 0 saturated heterocycles. The minimum atomic E-state index is -0.963. The third kappa shape index (κ3) is 5.14. The molecule has 1 rings (SSSR count). The van der Waals surface area contributed by atoms with E-state index < -0.39 is 10.9 Å². The van der Waals surface area contributed by atoms with Crippen LogP contribution in [0.15, 0.2) is 18.2 Å². The van der Waals surface area contributed by atoms with E-state index in [1.54, 1.807) is 4.90 Å². The zero-order chi connectivity index (χ0) is 15.3. The van der Waals surface area contributed by atoms with E-state index in [1.807, 2.05) is 13.8 Å². The Morgan fingerprint density at radius 2 is 2.15 bits per heavy atom. The molecule has 0 aliphatic heterocycles. The fourth-order valence-electron chi connectivity index (χ4n) is 1.99. The molecule has 0 heterocycles. The summed E-state index contributed by atoms with van der Waals surface area (Å²) >= 11 is 5.86. The molecule has 0 aromatic heterocycles. The molecule has 0 radical (unpaired) electrons. The molecule has 0 atom stereocenters. The maximum atomic E-state index is 11.0. The highest BCUT2D eigenvalue weighted by molar-refractivity contribution is 6.30. The van der Waals surface area contributed by atoms with Gasteiger partial charge in [0.2, 0.25) is 0 Å². The summed E-state index contributed by atoms with van der Waals surface area (Å²) in [5, 5.41) is 20.3. The van der Waals surface area contributed by atoms with Gasteiger partial charge in [-0.1, -0.05) is 25.4 Å². The number of carbonyl (C=O) groups is 1. The lowest BCUT2D eigenvalue weighted by molar-refractivity contribution is -0.385. The molecule has 0 aliphatic carbocycles. The Hall–Kier alpha value is -1.66. The molecular formula is C13H17ClN2O4. The number of hydrogen-bond donors (Lipinski definition) is 1. The van der Waals surface area contributed by atoms with Gasteiger partial charge in [0.25, 0.3) is 5.69 Å². The summed E-state index contributed by atoms with van der Waals surface area (Å²) in [5.74, 6) is -0.706. The summed E-state index contributed by atoms with van der Waals surface area (Å²) in [6.07, 6.45) is 0. The van der Waals surface area contributed by atoms with Gasteiger partial charge in [-0.15, -0.1) is 0 Å². The molecule has 1 N–H and O–H groups in total. The summed E-state index contributed by atoms with van der Waals surface area (Å²) in [7, 11) is 0. The van der Waals surface area contributed by atoms with E-state index in [0.29, 0.717) is 17.1 Å². The molecule has 0 bridgehead atoms. The number of halogens is 1. The normalized spacial score (nSPS) is 11.1. The number of carboxylic acids is 1. The van der Waals surface area contributed by atoms with E-state index >= 15 is 0 Å². The van der Waals surface area contributed by atoms with E-state index in [4.69, 9.17) is 16.7 Å². The molecule has 0 saturated carbocycles. The highest BCUT2D eigenvalue weighted by atomic mass is 35.5. The Labute approximate surface area is 122 Å². The molecule has 7 heteroatoms. The Bertz CT molecular complexity index is 505. The van der Waals surface area contributed by atoms with Crippen molar-refractivity contribution in [2.75, 3.05) is 13.1 Å². The summed E-state index contributed by atoms with van der Waals surface area (Å²) in [5.41, 5.74) is 0.373. The second-order valence-electron chi connectivity index (χ2n) is 4.99. The standard InChI is InChI=1S/C13H17ClN2O4/c1-9(2)6-15(8-13(17)18)7-10-5-11(14)3-4-12(10)16(19)20/h3-5,9H,6-8H2,1-2H3,(H,17,18). The minimum absolute atomic E-state index is 0.0476. The number of rotatable bonds is 7. The largest absolute Gasteiger partial charge is 0.480 e. The van der Waals surface area contributed by atoms with Crippen LogP contribution in [0.3, 0.4) is 0 Å². The molecule has 1 aromatic carbocycles. The second kappa shape index (κ2) is 7.21. The highest BCUT2D eigenvalue weighted by Crippen LogP contribution is 2.24. The van der Waals surface area contributed by atoms with Crippen LogP contribution in [0.4, 0.5) is 5.69 Å². The van der Waals surface area contributed by atoms with Crippen molar-refractivity contribution in [3.05, 3.63) is 38.9 Å². The number of benzene rings is 1. The predicted molar refractivity (Wildman–Crippen MR) is 75.9 cm³/mol. The predicted octanol–water partition coefficient (Wildman–Crippen LogP) is 2.79. The van der Waals surface area contributed by atoms with Crippen molar-refractivity contribution < 1.29 is 14.8 Å². The van der Waals surface area contributed by atoms with Gasteiger partial charge in [0.05, 0.1) is 11.5 Å². The number of nitro benzene ring substituents is 1. The maximum Gasteiger partial charge on any atom is 0.317 e. The van der Waals surface area contributed by atoms with Crippen LogP contribution >= 0.6 is 11.6 Å². The number of hydrogen-bond acceptors (Lipinski definition) is 4. The topological polar surface area (TPSA) is 83.7 Å². The van der Waals surface area contributed by atoms with E-state index in [0.717, 1.165) is 0 Å². The summed E-state index contributed by atoms with van der Waals surface area (Å²) < 4.78 is 0. The van der Waals surface area contributed by atoms with Gasteiger partial charge in [-0.3, -0.25) is 19.8 Å². The van der Waals surface area contributed by atoms with Crippen LogP contribution < -0.4 is 0 Å². The summed E-state index contributed by atoms with van der Waals surface area (Å²) in [4.78, 5) is 23.0. The number of carboxylic acid groups (broad SMARTS) is 1. The SMILES string of the molecule is CC(C)CN(CC(=O)O)Cc1cc(Cl)ccc1[N+](=O)[O-]. The minimum Gasteiger partial charge on any atom is -0.480 e. The summed E-state index contributed by atoms with van der Waals surface area (Å²) in [6, 6.07) is 4.30. The molecule has 0 amide bonds. The first-order valence-corrected chi connectivity index (χ1v) is 6.54. The molecule has 1 aromatic rings. The van der Waals surface area contributed by atoms with Gasteiger partial charge in [0.1, 0.15) is 0 Å². The van der Waals surface area contributed by atoms with Crippen LogP contribution in [0.1, 0.15) is 19.4 Å². The monoisotopic (exact) mass is 300 g/mol. The molecule has 6 nitrogen and oxygen atoms in total. The van der Waals surface area contributed by atoms with E-state index in [2.05, 4.69) is 0 Å². The lowest BCUT2D eigenvalue weighted by atomic mass is 10.1. The Morgan fingerprint density at radius 1 is 1.50 bits per heavy atom. The lowest BCUT2D eigenvalue weighted by Gasteiger charge is -2.22. The van der Waals surface area contributed by atoms with Crippen molar-refractivity contribution in [1.29, 1.82) is 0 Å². The smallest absolute Gasteiger partial charge is 0.317 e. The second-order valence-corrected chi connectivity index (χ2v) is 5.42. The van der Waals surface area contributed by atoms with Crippen molar-refractivity contribution in [2.24, 2.45) is 5.92 Å². The number of aliphatic carboxylic acids is 1. The van der Waals surface area contributed by atoms with Crippen LogP contribution in [0, 0.1) is 16.0 Å². The lowest BCUT2D eigenvalue weighted by Crippen LogP contribution is -2.32. The third-order valence-corrected chi connectivity index (χ3v) is 2.85. The Kier molecular flexibility index (Phi) is 5.91. The fraction of sp³-hybridized carbons (Fsp3) is 0.462. The Morgan fingerprint density at radius 3 is 2.65 bits per heavy atom. The van der Waals surface area contributed by atoms with Crippen molar-refractivity contribution in [3.63, 3.8) is 0 Å². The van der Waals surface area contributed by atoms with Gasteiger partial charge in [-0.25, -0.2) is 0 Å². The van der Waals surface area contributed by atoms with Gasteiger partial charge < -0.3 is 5.11 Å². The fourth-order valence-corrected chi connectivity index (χ4v) is 2.19. The van der Waals surface area contributed by atoms with E-state index in [-0.39, 0.29) is 24.7 Å². The van der Waals surface area contributed by atoms with Crippen LogP contribution in [-0.4, -0.2) is 34.0 Å². The van der Waals surface area contributed by atoms with Gasteiger partial charge in [-0.05, 0) is 18.1 Å². The quantitative estimate of drug-likeness (QED) is 0.618. The van der Waals surface area contributed by atoms with Crippen molar-refractivity contribution in [2.45, 2.75) is 20.4 Å². The van der Waals surface area contributed by atoms with Crippen LogP contribution in [0.5, 0.6) is 0 Å². The van der Waals surface area contributed by atoms with Crippen molar-refractivity contribution >= 4 is 23.3 Å². The first-order valence-electron chi connectivity index (χ1n) is 6.16. The maximum absolute atomic E-state index is 11.0. The molecule has 0 fully saturated rings. The Balaban J connectivity index is 2.99. The molecular weight excluding hydrogens is 284 g/mol. The first-order chi connectivity index (χ1) is 9.29. The molecule has 110 valence electrons. The average molecular weight is 301 g/mol. The van der Waals surface area contributed by atoms with E-state index in [1.165, 1.54) is 18.2 Å².